The number of hydrogen-bond acceptors (Lipinski definition) is 3. The van der Waals surface area contributed by atoms with Crippen LogP contribution in [-0.4, -0.2) is 29.1 Å². The fourth-order valence-electron chi connectivity index (χ4n) is 3.94. The van der Waals surface area contributed by atoms with E-state index in [1.54, 1.807) is 6.07 Å². The normalized spacial score (nSPS) is 16.8. The van der Waals surface area contributed by atoms with Gasteiger partial charge in [-0.25, -0.2) is 4.79 Å². The number of carbonyl (C=O) groups excluding carboxylic acids is 1. The maximum atomic E-state index is 12.9. The number of nitrogens with one attached hydrogen (secondary N) is 2. The summed E-state index contributed by atoms with van der Waals surface area (Å²) in [4.78, 5) is 25.0. The molecule has 0 saturated heterocycles. The number of rotatable bonds is 3. The van der Waals surface area contributed by atoms with E-state index >= 15 is 0 Å². The summed E-state index contributed by atoms with van der Waals surface area (Å²) in [5, 5.41) is 16.0. The number of carboxylic acid groups (broad SMARTS) is 1. The van der Waals surface area contributed by atoms with Crippen molar-refractivity contribution in [3.63, 3.8) is 0 Å². The molecule has 2 aliphatic rings. The molecule has 0 aromatic heterocycles. The number of carboxylic acids is 1. The van der Waals surface area contributed by atoms with Gasteiger partial charge in [-0.15, -0.1) is 12.4 Å². The van der Waals surface area contributed by atoms with E-state index in [0.29, 0.717) is 18.4 Å². The topological polar surface area (TPSA) is 78.4 Å². The van der Waals surface area contributed by atoms with Crippen LogP contribution in [0.2, 0.25) is 0 Å². The Morgan fingerprint density at radius 2 is 1.65 bits per heavy atom. The minimum Gasteiger partial charge on any atom is -0.479 e. The van der Waals surface area contributed by atoms with Gasteiger partial charge >= 0.3 is 5.97 Å². The Hall–Kier alpha value is -2.37. The second-order valence-corrected chi connectivity index (χ2v) is 6.83. The first kappa shape index (κ1) is 18.4. The van der Waals surface area contributed by atoms with E-state index in [4.69, 9.17) is 0 Å². The summed E-state index contributed by atoms with van der Waals surface area (Å²) in [6.07, 6.45) is 1.42. The van der Waals surface area contributed by atoms with Crippen LogP contribution in [0.15, 0.2) is 42.5 Å². The molecule has 0 atom stereocenters. The van der Waals surface area contributed by atoms with Gasteiger partial charge in [0.15, 0.2) is 0 Å². The largest absolute Gasteiger partial charge is 0.479 e. The lowest BCUT2D eigenvalue weighted by Gasteiger charge is -2.27. The number of carbonyl (C=O) groups is 2. The average Bonchev–Trinajstić information content (AvgIpc) is 3.00. The van der Waals surface area contributed by atoms with Crippen LogP contribution in [0.1, 0.15) is 32.6 Å². The molecule has 0 saturated carbocycles. The Morgan fingerprint density at radius 3 is 2.31 bits per heavy atom. The molecular weight excluding hydrogens is 352 g/mol. The van der Waals surface area contributed by atoms with Crippen LogP contribution in [0.3, 0.4) is 0 Å². The first-order valence-electron chi connectivity index (χ1n) is 8.53. The van der Waals surface area contributed by atoms with E-state index in [0.717, 1.165) is 41.8 Å². The van der Waals surface area contributed by atoms with Gasteiger partial charge in [0.25, 0.3) is 5.91 Å². The lowest BCUT2D eigenvalue weighted by Crippen LogP contribution is -2.55. The lowest BCUT2D eigenvalue weighted by atomic mass is 9.92. The van der Waals surface area contributed by atoms with Crippen LogP contribution in [0.4, 0.5) is 0 Å². The fraction of sp³-hybridized carbons (Fsp3) is 0.300. The number of hydrogen-bond donors (Lipinski definition) is 3. The fourth-order valence-corrected chi connectivity index (χ4v) is 3.94. The van der Waals surface area contributed by atoms with Gasteiger partial charge in [-0.2, -0.15) is 0 Å². The Labute approximate surface area is 158 Å². The molecule has 0 fully saturated rings. The zero-order valence-electron chi connectivity index (χ0n) is 14.2. The maximum Gasteiger partial charge on any atom is 0.330 e. The minimum absolute atomic E-state index is 0. The summed E-state index contributed by atoms with van der Waals surface area (Å²) in [6, 6.07) is 13.3. The van der Waals surface area contributed by atoms with E-state index in [1.807, 2.05) is 36.4 Å². The van der Waals surface area contributed by atoms with Gasteiger partial charge in [-0.3, -0.25) is 4.79 Å². The van der Waals surface area contributed by atoms with Gasteiger partial charge in [-0.1, -0.05) is 36.4 Å². The molecule has 0 bridgehead atoms. The lowest BCUT2D eigenvalue weighted by molar-refractivity contribution is -0.144. The third kappa shape index (κ3) is 3.08. The molecule has 136 valence electrons. The zero-order valence-corrected chi connectivity index (χ0v) is 15.1. The minimum atomic E-state index is -1.27. The highest BCUT2D eigenvalue weighted by Gasteiger charge is 2.45. The van der Waals surface area contributed by atoms with E-state index in [2.05, 4.69) is 10.6 Å². The number of aliphatic carboxylic acids is 1. The summed E-state index contributed by atoms with van der Waals surface area (Å²) < 4.78 is 0. The predicted molar refractivity (Wildman–Crippen MR) is 101 cm³/mol. The molecule has 1 aliphatic carbocycles. The Kier molecular flexibility index (Phi) is 5.03. The van der Waals surface area contributed by atoms with Gasteiger partial charge in [0, 0.05) is 24.9 Å². The molecule has 2 aromatic rings. The van der Waals surface area contributed by atoms with Crippen LogP contribution < -0.4 is 10.6 Å². The first-order valence-corrected chi connectivity index (χ1v) is 8.53. The van der Waals surface area contributed by atoms with Crippen LogP contribution in [-0.2, 0) is 30.6 Å². The molecule has 1 amide bonds. The second kappa shape index (κ2) is 7.09. The standard InChI is InChI=1S/C20H20N2O3.ClH/c23-18(17-7-3-6-15-12-21-9-8-16(15)17)22-20(19(24)25)10-13-4-1-2-5-14(13)11-20;/h1-7,21H,8-12H2,(H,22,23)(H,24,25);1H. The third-order valence-corrected chi connectivity index (χ3v) is 5.25. The monoisotopic (exact) mass is 372 g/mol. The quantitative estimate of drug-likeness (QED) is 0.771. The Balaban J connectivity index is 0.00000196. The van der Waals surface area contributed by atoms with Crippen molar-refractivity contribution in [1.82, 2.24) is 10.6 Å². The van der Waals surface area contributed by atoms with Crippen LogP contribution in [0.25, 0.3) is 0 Å². The predicted octanol–water partition coefficient (Wildman–Crippen LogP) is 2.11. The molecule has 3 N–H and O–H groups in total. The van der Waals surface area contributed by atoms with Crippen molar-refractivity contribution in [2.24, 2.45) is 0 Å². The zero-order chi connectivity index (χ0) is 17.4. The highest BCUT2D eigenvalue weighted by Crippen LogP contribution is 2.31. The van der Waals surface area contributed by atoms with E-state index in [-0.39, 0.29) is 18.3 Å². The van der Waals surface area contributed by atoms with Crippen LogP contribution >= 0.6 is 12.4 Å². The highest BCUT2D eigenvalue weighted by molar-refractivity contribution is 5.99. The molecular formula is C20H21ClN2O3. The van der Waals surface area contributed by atoms with Crippen LogP contribution in [0.5, 0.6) is 0 Å². The number of fused-ring (bicyclic) bond motifs is 2. The molecule has 0 spiro atoms. The molecule has 1 aliphatic heterocycles. The molecule has 5 nitrogen and oxygen atoms in total. The van der Waals surface area contributed by atoms with Crippen molar-refractivity contribution in [3.05, 3.63) is 70.3 Å². The number of amides is 1. The molecule has 26 heavy (non-hydrogen) atoms. The van der Waals surface area contributed by atoms with Crippen molar-refractivity contribution < 1.29 is 14.7 Å². The van der Waals surface area contributed by atoms with Gasteiger partial charge in [0.05, 0.1) is 0 Å². The van der Waals surface area contributed by atoms with E-state index in [9.17, 15) is 14.7 Å². The molecule has 2 aromatic carbocycles. The van der Waals surface area contributed by atoms with Crippen molar-refractivity contribution in [3.8, 4) is 0 Å². The molecule has 4 rings (SSSR count). The number of halogens is 1. The highest BCUT2D eigenvalue weighted by atomic mass is 35.5. The van der Waals surface area contributed by atoms with Gasteiger partial charge in [0.1, 0.15) is 5.54 Å². The van der Waals surface area contributed by atoms with Crippen molar-refractivity contribution in [1.29, 1.82) is 0 Å². The van der Waals surface area contributed by atoms with Gasteiger partial charge < -0.3 is 15.7 Å². The summed E-state index contributed by atoms with van der Waals surface area (Å²) in [7, 11) is 0. The van der Waals surface area contributed by atoms with Crippen molar-refractivity contribution in [2.75, 3.05) is 6.54 Å². The second-order valence-electron chi connectivity index (χ2n) is 6.83. The first-order chi connectivity index (χ1) is 12.1. The maximum absolute atomic E-state index is 12.9. The smallest absolute Gasteiger partial charge is 0.330 e. The van der Waals surface area contributed by atoms with Gasteiger partial charge in [-0.05, 0) is 41.3 Å². The van der Waals surface area contributed by atoms with Crippen LogP contribution in [0, 0.1) is 0 Å². The Bertz CT molecular complexity index is 841. The van der Waals surface area contributed by atoms with Crippen molar-refractivity contribution >= 4 is 24.3 Å². The summed E-state index contributed by atoms with van der Waals surface area (Å²) in [6.45, 7) is 1.57. The summed E-state index contributed by atoms with van der Waals surface area (Å²) in [5.41, 5.74) is 3.44. The molecule has 0 unspecified atom stereocenters. The summed E-state index contributed by atoms with van der Waals surface area (Å²) >= 11 is 0. The van der Waals surface area contributed by atoms with Gasteiger partial charge in [0.2, 0.25) is 0 Å². The summed E-state index contributed by atoms with van der Waals surface area (Å²) in [5.74, 6) is -1.28. The molecule has 0 radical (unpaired) electrons. The molecule has 1 heterocycles. The molecule has 6 heteroatoms. The third-order valence-electron chi connectivity index (χ3n) is 5.25. The number of benzene rings is 2. The van der Waals surface area contributed by atoms with E-state index < -0.39 is 11.5 Å². The SMILES string of the molecule is Cl.O=C(NC1(C(=O)O)Cc2ccccc2C1)c1cccc2c1CCNC2. The van der Waals surface area contributed by atoms with E-state index in [1.165, 1.54) is 0 Å². The Morgan fingerprint density at radius 1 is 1.00 bits per heavy atom. The average molecular weight is 373 g/mol. The van der Waals surface area contributed by atoms with Crippen molar-refractivity contribution in [2.45, 2.75) is 31.3 Å².